The van der Waals surface area contributed by atoms with E-state index in [-0.39, 0.29) is 0 Å². The number of hydrogen-bond acceptors (Lipinski definition) is 4. The fourth-order valence-electron chi connectivity index (χ4n) is 1.30. The second kappa shape index (κ2) is 2.43. The normalized spacial score (nSPS) is 18.7. The van der Waals surface area contributed by atoms with E-state index in [0.29, 0.717) is 16.6 Å². The van der Waals surface area contributed by atoms with Crippen LogP contribution in [0, 0.1) is 0 Å². The Morgan fingerprint density at radius 1 is 1.50 bits per heavy atom. The highest BCUT2D eigenvalue weighted by atomic mass is 35.5. The zero-order valence-corrected chi connectivity index (χ0v) is 7.94. The molecule has 0 bridgehead atoms. The fraction of sp³-hybridized carbons (Fsp3) is 0.375. The van der Waals surface area contributed by atoms with Gasteiger partial charge in [0.15, 0.2) is 5.82 Å². The number of fused-ring (bicyclic) bond motifs is 1. The summed E-state index contributed by atoms with van der Waals surface area (Å²) in [6, 6.07) is 0. The van der Waals surface area contributed by atoms with Crippen molar-refractivity contribution in [2.45, 2.75) is 18.4 Å². The number of nitrogens with zero attached hydrogens (tertiary/aromatic N) is 4. The van der Waals surface area contributed by atoms with E-state index in [4.69, 9.17) is 11.6 Å². The van der Waals surface area contributed by atoms with Gasteiger partial charge >= 0.3 is 0 Å². The van der Waals surface area contributed by atoms with Gasteiger partial charge in [-0.15, -0.1) is 5.10 Å². The van der Waals surface area contributed by atoms with Crippen molar-refractivity contribution in [3.63, 3.8) is 0 Å². The third kappa shape index (κ3) is 1.09. The molecule has 0 unspecified atom stereocenters. The van der Waals surface area contributed by atoms with Gasteiger partial charge < -0.3 is 5.11 Å². The first-order chi connectivity index (χ1) is 6.67. The number of aromatic nitrogens is 4. The summed E-state index contributed by atoms with van der Waals surface area (Å²) in [5, 5.41) is 14.4. The Bertz CT molecular complexity index is 505. The summed E-state index contributed by atoms with van der Waals surface area (Å²) in [7, 11) is 0. The van der Waals surface area contributed by atoms with Gasteiger partial charge in [-0.05, 0) is 12.8 Å². The highest BCUT2D eigenvalue weighted by Gasteiger charge is 2.46. The van der Waals surface area contributed by atoms with Crippen LogP contribution >= 0.6 is 11.6 Å². The van der Waals surface area contributed by atoms with Crippen LogP contribution in [0.1, 0.15) is 18.7 Å². The second-order valence-electron chi connectivity index (χ2n) is 3.48. The monoisotopic (exact) mass is 210 g/mol. The molecule has 3 rings (SSSR count). The van der Waals surface area contributed by atoms with Gasteiger partial charge in [-0.3, -0.25) is 0 Å². The summed E-state index contributed by atoms with van der Waals surface area (Å²) in [4.78, 5) is 8.11. The average Bonchev–Trinajstić information content (AvgIpc) is 2.77. The molecule has 0 aromatic carbocycles. The van der Waals surface area contributed by atoms with Gasteiger partial charge in [0.25, 0.3) is 5.78 Å². The lowest BCUT2D eigenvalue weighted by molar-refractivity contribution is 0.141. The number of rotatable bonds is 1. The van der Waals surface area contributed by atoms with Crippen molar-refractivity contribution >= 4 is 17.4 Å². The fourth-order valence-corrected chi connectivity index (χ4v) is 1.44. The van der Waals surface area contributed by atoms with Gasteiger partial charge in [0, 0.05) is 0 Å². The van der Waals surface area contributed by atoms with Crippen molar-refractivity contribution in [3.05, 3.63) is 23.2 Å². The average molecular weight is 211 g/mol. The standard InChI is InChI=1S/C8H7ClN4O/c9-5-3-10-7-11-6(8(14)1-2-8)12-13(7)4-5/h3-4,14H,1-2H2. The molecule has 0 spiro atoms. The highest BCUT2D eigenvalue weighted by Crippen LogP contribution is 2.43. The van der Waals surface area contributed by atoms with Crippen LogP contribution in [-0.4, -0.2) is 24.7 Å². The molecule has 6 heteroatoms. The van der Waals surface area contributed by atoms with Crippen LogP contribution in [0.2, 0.25) is 5.02 Å². The summed E-state index contributed by atoms with van der Waals surface area (Å²) in [5.41, 5.74) is -0.819. The number of halogens is 1. The van der Waals surface area contributed by atoms with E-state index in [1.165, 1.54) is 10.7 Å². The Kier molecular flexibility index (Phi) is 1.41. The van der Waals surface area contributed by atoms with Crippen molar-refractivity contribution in [2.24, 2.45) is 0 Å². The van der Waals surface area contributed by atoms with Crippen molar-refractivity contribution in [2.75, 3.05) is 0 Å². The summed E-state index contributed by atoms with van der Waals surface area (Å²) in [5.74, 6) is 0.900. The first kappa shape index (κ1) is 8.14. The largest absolute Gasteiger partial charge is 0.382 e. The van der Waals surface area contributed by atoms with E-state index in [2.05, 4.69) is 15.1 Å². The molecule has 1 aliphatic rings. The van der Waals surface area contributed by atoms with Crippen LogP contribution in [0.4, 0.5) is 0 Å². The molecule has 2 heterocycles. The maximum atomic E-state index is 9.77. The molecule has 1 fully saturated rings. The van der Waals surface area contributed by atoms with Crippen LogP contribution < -0.4 is 0 Å². The molecule has 0 saturated heterocycles. The zero-order chi connectivity index (χ0) is 9.76. The van der Waals surface area contributed by atoms with E-state index in [1.807, 2.05) is 0 Å². The summed E-state index contributed by atoms with van der Waals surface area (Å²) in [6.07, 6.45) is 4.56. The molecular formula is C8H7ClN4O. The predicted molar refractivity (Wildman–Crippen MR) is 48.9 cm³/mol. The van der Waals surface area contributed by atoms with E-state index >= 15 is 0 Å². The summed E-state index contributed by atoms with van der Waals surface area (Å²) < 4.78 is 1.48. The smallest absolute Gasteiger partial charge is 0.252 e. The maximum Gasteiger partial charge on any atom is 0.252 e. The molecule has 0 amide bonds. The van der Waals surface area contributed by atoms with Crippen molar-refractivity contribution in [1.82, 2.24) is 19.6 Å². The van der Waals surface area contributed by atoms with E-state index in [1.54, 1.807) is 6.20 Å². The molecule has 1 N–H and O–H groups in total. The number of aliphatic hydroxyl groups is 1. The zero-order valence-electron chi connectivity index (χ0n) is 7.18. The molecule has 1 saturated carbocycles. The lowest BCUT2D eigenvalue weighted by Crippen LogP contribution is -2.06. The third-order valence-corrected chi connectivity index (χ3v) is 2.50. The lowest BCUT2D eigenvalue weighted by Gasteiger charge is -1.97. The Labute approximate surface area is 84.4 Å². The van der Waals surface area contributed by atoms with Crippen LogP contribution in [0.5, 0.6) is 0 Å². The van der Waals surface area contributed by atoms with Crippen LogP contribution in [0.15, 0.2) is 12.4 Å². The molecule has 72 valence electrons. The van der Waals surface area contributed by atoms with Gasteiger partial charge in [-0.1, -0.05) is 11.6 Å². The SMILES string of the molecule is OC1(c2nc3ncc(Cl)cn3n2)CC1. The first-order valence-corrected chi connectivity index (χ1v) is 4.66. The molecule has 0 atom stereocenters. The van der Waals surface area contributed by atoms with E-state index in [9.17, 15) is 5.11 Å². The molecule has 1 aliphatic carbocycles. The molecular weight excluding hydrogens is 204 g/mol. The molecule has 2 aromatic rings. The maximum absolute atomic E-state index is 9.77. The Morgan fingerprint density at radius 3 is 3.00 bits per heavy atom. The van der Waals surface area contributed by atoms with Gasteiger partial charge in [0.2, 0.25) is 0 Å². The van der Waals surface area contributed by atoms with Crippen LogP contribution in [0.25, 0.3) is 5.78 Å². The van der Waals surface area contributed by atoms with Gasteiger partial charge in [0.1, 0.15) is 5.60 Å². The van der Waals surface area contributed by atoms with Crippen LogP contribution in [-0.2, 0) is 5.60 Å². The second-order valence-corrected chi connectivity index (χ2v) is 3.92. The van der Waals surface area contributed by atoms with Gasteiger partial charge in [-0.25, -0.2) is 9.50 Å². The minimum atomic E-state index is -0.819. The van der Waals surface area contributed by atoms with Crippen molar-refractivity contribution < 1.29 is 5.11 Å². The van der Waals surface area contributed by atoms with E-state index in [0.717, 1.165) is 12.8 Å². The minimum Gasteiger partial charge on any atom is -0.382 e. The Morgan fingerprint density at radius 2 is 2.29 bits per heavy atom. The summed E-state index contributed by atoms with van der Waals surface area (Å²) in [6.45, 7) is 0. The van der Waals surface area contributed by atoms with Crippen molar-refractivity contribution in [1.29, 1.82) is 0 Å². The Balaban J connectivity index is 2.20. The predicted octanol–water partition coefficient (Wildman–Crippen LogP) is 0.759. The quantitative estimate of drug-likeness (QED) is 0.755. The first-order valence-electron chi connectivity index (χ1n) is 4.28. The third-order valence-electron chi connectivity index (χ3n) is 2.30. The molecule has 5 nitrogen and oxygen atoms in total. The number of hydrogen-bond donors (Lipinski definition) is 1. The Hall–Kier alpha value is -1.20. The molecule has 14 heavy (non-hydrogen) atoms. The van der Waals surface area contributed by atoms with Crippen molar-refractivity contribution in [3.8, 4) is 0 Å². The van der Waals surface area contributed by atoms with Crippen LogP contribution in [0.3, 0.4) is 0 Å². The lowest BCUT2D eigenvalue weighted by atomic mass is 10.3. The van der Waals surface area contributed by atoms with Gasteiger partial charge in [-0.2, -0.15) is 4.98 Å². The minimum absolute atomic E-state index is 0.437. The van der Waals surface area contributed by atoms with E-state index < -0.39 is 5.60 Å². The molecule has 2 aromatic heterocycles. The molecule has 0 aliphatic heterocycles. The topological polar surface area (TPSA) is 63.3 Å². The summed E-state index contributed by atoms with van der Waals surface area (Å²) >= 11 is 5.74. The molecule has 0 radical (unpaired) electrons. The highest BCUT2D eigenvalue weighted by molar-refractivity contribution is 6.30. The van der Waals surface area contributed by atoms with Gasteiger partial charge in [0.05, 0.1) is 17.4 Å².